The van der Waals surface area contributed by atoms with E-state index in [1.54, 1.807) is 12.1 Å². The van der Waals surface area contributed by atoms with Gasteiger partial charge in [0, 0.05) is 30.7 Å². The van der Waals surface area contributed by atoms with Gasteiger partial charge >= 0.3 is 6.16 Å². The van der Waals surface area contributed by atoms with Gasteiger partial charge in [-0.25, -0.2) is 4.79 Å². The smallest absolute Gasteiger partial charge is 0.434 e. The summed E-state index contributed by atoms with van der Waals surface area (Å²) in [7, 11) is 0. The maximum atomic E-state index is 11.5. The van der Waals surface area contributed by atoms with E-state index in [9.17, 15) is 25.0 Å². The van der Waals surface area contributed by atoms with Crippen molar-refractivity contribution >= 4 is 17.5 Å². The largest absolute Gasteiger partial charge is 0.513 e. The Bertz CT molecular complexity index is 741. The van der Waals surface area contributed by atoms with Crippen LogP contribution in [0.5, 0.6) is 5.75 Å². The summed E-state index contributed by atoms with van der Waals surface area (Å²) in [5.74, 6) is 0.126. The molecule has 24 heavy (non-hydrogen) atoms. The van der Waals surface area contributed by atoms with E-state index in [2.05, 4.69) is 0 Å². The molecule has 0 radical (unpaired) electrons. The van der Waals surface area contributed by atoms with Crippen LogP contribution in [0.1, 0.15) is 5.56 Å². The second kappa shape index (κ2) is 7.68. The highest BCUT2D eigenvalue weighted by molar-refractivity contribution is 5.64. The number of nitro benzene ring substituents is 2. The molecule has 0 aliphatic heterocycles. The summed E-state index contributed by atoms with van der Waals surface area (Å²) in [4.78, 5) is 31.5. The number of nitrogens with zero attached hydrogens (tertiary/aromatic N) is 2. The number of non-ortho nitro benzene ring substituents is 2. The predicted molar refractivity (Wildman–Crippen MR) is 81.9 cm³/mol. The topological polar surface area (TPSA) is 122 Å². The molecule has 124 valence electrons. The van der Waals surface area contributed by atoms with E-state index in [-0.39, 0.29) is 23.7 Å². The molecule has 2 rings (SSSR count). The van der Waals surface area contributed by atoms with E-state index in [1.807, 2.05) is 0 Å². The van der Waals surface area contributed by atoms with Crippen LogP contribution in [0.15, 0.2) is 48.5 Å². The van der Waals surface area contributed by atoms with Crippen LogP contribution in [0.25, 0.3) is 0 Å². The Balaban J connectivity index is 1.78. The zero-order valence-electron chi connectivity index (χ0n) is 12.3. The van der Waals surface area contributed by atoms with Crippen LogP contribution in [0.2, 0.25) is 0 Å². The van der Waals surface area contributed by atoms with Crippen molar-refractivity contribution in [2.45, 2.75) is 6.42 Å². The lowest BCUT2D eigenvalue weighted by molar-refractivity contribution is -0.385. The minimum atomic E-state index is -0.939. The van der Waals surface area contributed by atoms with Crippen molar-refractivity contribution in [3.05, 3.63) is 74.3 Å². The highest BCUT2D eigenvalue weighted by Crippen LogP contribution is 2.18. The van der Waals surface area contributed by atoms with Crippen LogP contribution >= 0.6 is 0 Å². The molecule has 0 N–H and O–H groups in total. The average Bonchev–Trinajstić information content (AvgIpc) is 2.55. The summed E-state index contributed by atoms with van der Waals surface area (Å²) < 4.78 is 9.74. The first-order valence-corrected chi connectivity index (χ1v) is 6.78. The molecule has 9 heteroatoms. The van der Waals surface area contributed by atoms with Crippen molar-refractivity contribution in [1.82, 2.24) is 0 Å². The Labute approximate surface area is 135 Å². The van der Waals surface area contributed by atoms with Crippen LogP contribution in [0.3, 0.4) is 0 Å². The van der Waals surface area contributed by atoms with E-state index < -0.39 is 16.0 Å². The van der Waals surface area contributed by atoms with Crippen LogP contribution in [-0.2, 0) is 11.2 Å². The van der Waals surface area contributed by atoms with E-state index >= 15 is 0 Å². The molecule has 2 aromatic carbocycles. The van der Waals surface area contributed by atoms with Crippen LogP contribution in [-0.4, -0.2) is 22.6 Å². The predicted octanol–water partition coefficient (Wildman–Crippen LogP) is 3.26. The number of benzene rings is 2. The maximum Gasteiger partial charge on any atom is 0.513 e. The molecule has 0 aromatic heterocycles. The van der Waals surface area contributed by atoms with Crippen LogP contribution in [0.4, 0.5) is 16.2 Å². The highest BCUT2D eigenvalue weighted by atomic mass is 16.7. The molecule has 0 heterocycles. The van der Waals surface area contributed by atoms with Gasteiger partial charge in [-0.15, -0.1) is 0 Å². The number of carbonyl (C=O) groups excluding carboxylic acids is 1. The Morgan fingerprint density at radius 3 is 1.88 bits per heavy atom. The minimum Gasteiger partial charge on any atom is -0.434 e. The van der Waals surface area contributed by atoms with Crippen LogP contribution in [0, 0.1) is 20.2 Å². The molecule has 0 bridgehead atoms. The monoisotopic (exact) mass is 332 g/mol. The fraction of sp³-hybridized carbons (Fsp3) is 0.133. The molecule has 0 amide bonds. The first-order chi connectivity index (χ1) is 11.5. The minimum absolute atomic E-state index is 0.0164. The van der Waals surface area contributed by atoms with Crippen molar-refractivity contribution < 1.29 is 24.1 Å². The maximum absolute atomic E-state index is 11.5. The second-order valence-electron chi connectivity index (χ2n) is 4.63. The summed E-state index contributed by atoms with van der Waals surface area (Å²) in [6, 6.07) is 10.9. The number of carbonyl (C=O) groups is 1. The first-order valence-electron chi connectivity index (χ1n) is 6.78. The molecule has 0 aliphatic rings. The number of rotatable bonds is 6. The molecule has 0 spiro atoms. The normalized spacial score (nSPS) is 10.0. The number of nitro groups is 2. The van der Waals surface area contributed by atoms with E-state index in [4.69, 9.17) is 9.47 Å². The second-order valence-corrected chi connectivity index (χ2v) is 4.63. The Kier molecular flexibility index (Phi) is 5.40. The van der Waals surface area contributed by atoms with Crippen molar-refractivity contribution in [2.24, 2.45) is 0 Å². The van der Waals surface area contributed by atoms with Gasteiger partial charge in [0.15, 0.2) is 0 Å². The molecular formula is C15H12N2O7. The molecule has 0 unspecified atom stereocenters. The lowest BCUT2D eigenvalue weighted by atomic mass is 10.1. The number of hydrogen-bond donors (Lipinski definition) is 0. The zero-order chi connectivity index (χ0) is 17.5. The summed E-state index contributed by atoms with van der Waals surface area (Å²) in [5.41, 5.74) is 0.634. The third kappa shape index (κ3) is 4.77. The Morgan fingerprint density at radius 2 is 1.38 bits per heavy atom. The summed E-state index contributed by atoms with van der Waals surface area (Å²) in [5, 5.41) is 21.0. The van der Waals surface area contributed by atoms with Crippen molar-refractivity contribution in [3.8, 4) is 5.75 Å². The Morgan fingerprint density at radius 1 is 0.875 bits per heavy atom. The third-order valence-electron chi connectivity index (χ3n) is 3.01. The van der Waals surface area contributed by atoms with E-state index in [0.717, 1.165) is 5.56 Å². The lowest BCUT2D eigenvalue weighted by Crippen LogP contribution is -2.12. The van der Waals surface area contributed by atoms with Crippen molar-refractivity contribution in [1.29, 1.82) is 0 Å². The first kappa shape index (κ1) is 16.9. The number of ether oxygens (including phenoxy) is 2. The molecule has 0 atom stereocenters. The quantitative estimate of drug-likeness (QED) is 0.344. The SMILES string of the molecule is O=C(OCCc1ccc([N+](=O)[O-])cc1)Oc1ccc([N+](=O)[O-])cc1. The average molecular weight is 332 g/mol. The summed E-state index contributed by atoms with van der Waals surface area (Å²) in [6.07, 6.45) is -0.571. The van der Waals surface area contributed by atoms with E-state index in [0.29, 0.717) is 6.42 Å². The summed E-state index contributed by atoms with van der Waals surface area (Å²) in [6.45, 7) is 0.0314. The standard InChI is InChI=1S/C15H12N2O7/c18-15(24-14-7-5-13(6-8-14)17(21)22)23-10-9-11-1-3-12(4-2-11)16(19)20/h1-8H,9-10H2. The fourth-order valence-corrected chi connectivity index (χ4v) is 1.80. The molecule has 0 fully saturated rings. The molecule has 2 aromatic rings. The van der Waals surface area contributed by atoms with Crippen molar-refractivity contribution in [2.75, 3.05) is 6.61 Å². The van der Waals surface area contributed by atoms with Gasteiger partial charge in [-0.05, 0) is 17.7 Å². The molecule has 0 aliphatic carbocycles. The van der Waals surface area contributed by atoms with Crippen LogP contribution < -0.4 is 4.74 Å². The van der Waals surface area contributed by atoms with Gasteiger partial charge in [-0.2, -0.15) is 0 Å². The van der Waals surface area contributed by atoms with Gasteiger partial charge in [0.05, 0.1) is 16.5 Å². The zero-order valence-corrected chi connectivity index (χ0v) is 12.3. The van der Waals surface area contributed by atoms with Gasteiger partial charge in [0.1, 0.15) is 5.75 Å². The van der Waals surface area contributed by atoms with Crippen molar-refractivity contribution in [3.63, 3.8) is 0 Å². The van der Waals surface area contributed by atoms with Gasteiger partial charge < -0.3 is 9.47 Å². The van der Waals surface area contributed by atoms with E-state index in [1.165, 1.54) is 36.4 Å². The Hall–Kier alpha value is -3.49. The molecule has 9 nitrogen and oxygen atoms in total. The van der Waals surface area contributed by atoms with Gasteiger partial charge in [0.25, 0.3) is 11.4 Å². The highest BCUT2D eigenvalue weighted by Gasteiger charge is 2.09. The van der Waals surface area contributed by atoms with Gasteiger partial charge in [0.2, 0.25) is 0 Å². The molecular weight excluding hydrogens is 320 g/mol. The number of hydrogen-bond acceptors (Lipinski definition) is 7. The molecule has 0 saturated heterocycles. The third-order valence-corrected chi connectivity index (χ3v) is 3.01. The fourth-order valence-electron chi connectivity index (χ4n) is 1.80. The summed E-state index contributed by atoms with van der Waals surface area (Å²) >= 11 is 0. The lowest BCUT2D eigenvalue weighted by Gasteiger charge is -2.06. The van der Waals surface area contributed by atoms with Gasteiger partial charge in [-0.1, -0.05) is 12.1 Å². The van der Waals surface area contributed by atoms with Gasteiger partial charge in [-0.3, -0.25) is 20.2 Å². The molecule has 0 saturated carbocycles.